The molecule has 114 valence electrons. The van der Waals surface area contributed by atoms with E-state index >= 15 is 0 Å². The quantitative estimate of drug-likeness (QED) is 0.806. The van der Waals surface area contributed by atoms with Gasteiger partial charge in [-0.05, 0) is 46.8 Å². The summed E-state index contributed by atoms with van der Waals surface area (Å²) < 4.78 is 25.5. The molecule has 1 aromatic heterocycles. The fourth-order valence-electron chi connectivity index (χ4n) is 3.06. The molecule has 2 aliphatic heterocycles. The van der Waals surface area contributed by atoms with E-state index in [4.69, 9.17) is 0 Å². The molecule has 0 atom stereocenters. The lowest BCUT2D eigenvalue weighted by Crippen LogP contribution is -2.51. The van der Waals surface area contributed by atoms with Crippen LogP contribution in [0.2, 0.25) is 0 Å². The van der Waals surface area contributed by atoms with Crippen LogP contribution in [0.25, 0.3) is 0 Å². The summed E-state index contributed by atoms with van der Waals surface area (Å²) in [4.78, 5) is 16.7. The van der Waals surface area contributed by atoms with Crippen LogP contribution in [0.15, 0.2) is 16.7 Å². The number of sulfonamides is 1. The SMILES string of the molecule is CS(=O)(=O)N1CCC2(CC1)Cc1cc(Br)cnc1NC2=O. The average Bonchev–Trinajstić information content (AvgIpc) is 2.40. The molecule has 1 fully saturated rings. The van der Waals surface area contributed by atoms with Gasteiger partial charge in [0.25, 0.3) is 0 Å². The number of nitrogens with one attached hydrogen (secondary N) is 1. The minimum Gasteiger partial charge on any atom is -0.310 e. The second-order valence-corrected chi connectivity index (χ2v) is 8.63. The van der Waals surface area contributed by atoms with Crippen LogP contribution in [0.5, 0.6) is 0 Å². The zero-order valence-corrected chi connectivity index (χ0v) is 14.0. The van der Waals surface area contributed by atoms with Crippen molar-refractivity contribution in [2.24, 2.45) is 5.41 Å². The van der Waals surface area contributed by atoms with Crippen LogP contribution in [0, 0.1) is 5.41 Å². The van der Waals surface area contributed by atoms with Gasteiger partial charge >= 0.3 is 0 Å². The van der Waals surface area contributed by atoms with E-state index in [9.17, 15) is 13.2 Å². The van der Waals surface area contributed by atoms with Crippen molar-refractivity contribution in [3.8, 4) is 0 Å². The van der Waals surface area contributed by atoms with Crippen LogP contribution >= 0.6 is 15.9 Å². The molecule has 3 rings (SSSR count). The van der Waals surface area contributed by atoms with Crippen LogP contribution in [0.1, 0.15) is 18.4 Å². The van der Waals surface area contributed by atoms with E-state index in [1.54, 1.807) is 6.20 Å². The summed E-state index contributed by atoms with van der Waals surface area (Å²) in [6, 6.07) is 1.96. The molecule has 1 saturated heterocycles. The maximum atomic E-state index is 12.4. The molecule has 0 radical (unpaired) electrons. The number of nitrogens with zero attached hydrogens (tertiary/aromatic N) is 2. The van der Waals surface area contributed by atoms with Gasteiger partial charge in [-0.15, -0.1) is 0 Å². The number of carbonyl (C=O) groups is 1. The Morgan fingerprint density at radius 2 is 2.05 bits per heavy atom. The van der Waals surface area contributed by atoms with Crippen molar-refractivity contribution in [1.82, 2.24) is 9.29 Å². The minimum atomic E-state index is -3.18. The zero-order chi connectivity index (χ0) is 15.3. The van der Waals surface area contributed by atoms with E-state index < -0.39 is 15.4 Å². The van der Waals surface area contributed by atoms with Gasteiger partial charge in [-0.1, -0.05) is 0 Å². The van der Waals surface area contributed by atoms with Gasteiger partial charge in [0.1, 0.15) is 5.82 Å². The van der Waals surface area contributed by atoms with Crippen LogP contribution in [-0.2, 0) is 21.2 Å². The van der Waals surface area contributed by atoms with Crippen molar-refractivity contribution >= 4 is 37.7 Å². The van der Waals surface area contributed by atoms with Crippen LogP contribution < -0.4 is 5.32 Å². The van der Waals surface area contributed by atoms with E-state index in [0.29, 0.717) is 38.2 Å². The lowest BCUT2D eigenvalue weighted by molar-refractivity contribution is -0.128. The lowest BCUT2D eigenvalue weighted by Gasteiger charge is -2.42. The molecule has 2 aliphatic rings. The highest BCUT2D eigenvalue weighted by atomic mass is 79.9. The standard InChI is InChI=1S/C13H16BrN3O3S/c1-21(19,20)17-4-2-13(3-5-17)7-9-6-10(14)8-15-11(9)16-12(13)18/h6,8H,2-5,7H2,1H3,(H,15,16,18). The molecule has 3 heterocycles. The number of halogens is 1. The first-order chi connectivity index (χ1) is 9.80. The maximum absolute atomic E-state index is 12.4. The van der Waals surface area contributed by atoms with Crippen molar-refractivity contribution < 1.29 is 13.2 Å². The number of rotatable bonds is 1. The summed E-state index contributed by atoms with van der Waals surface area (Å²) in [5.41, 5.74) is 0.480. The van der Waals surface area contributed by atoms with Crippen LogP contribution in [0.3, 0.4) is 0 Å². The predicted molar refractivity (Wildman–Crippen MR) is 82.4 cm³/mol. The third kappa shape index (κ3) is 2.72. The first-order valence-electron chi connectivity index (χ1n) is 6.71. The highest BCUT2D eigenvalue weighted by Crippen LogP contribution is 2.41. The number of anilines is 1. The number of pyridine rings is 1. The highest BCUT2D eigenvalue weighted by molar-refractivity contribution is 9.10. The first kappa shape index (κ1) is 14.9. The Bertz CT molecular complexity index is 697. The summed E-state index contributed by atoms with van der Waals surface area (Å²) >= 11 is 3.39. The Morgan fingerprint density at radius 1 is 1.38 bits per heavy atom. The Balaban J connectivity index is 1.86. The molecule has 0 aromatic carbocycles. The zero-order valence-electron chi connectivity index (χ0n) is 11.6. The topological polar surface area (TPSA) is 79.4 Å². The summed E-state index contributed by atoms with van der Waals surface area (Å²) in [5, 5.41) is 2.86. The summed E-state index contributed by atoms with van der Waals surface area (Å²) in [5.74, 6) is 0.567. The Hall–Kier alpha value is -0.990. The maximum Gasteiger partial charge on any atom is 0.232 e. The molecule has 1 N–H and O–H groups in total. The molecule has 0 unspecified atom stereocenters. The molecule has 8 heteroatoms. The number of carbonyl (C=O) groups excluding carboxylic acids is 1. The van der Waals surface area contributed by atoms with Crippen molar-refractivity contribution in [2.75, 3.05) is 24.7 Å². The molecule has 1 aromatic rings. The van der Waals surface area contributed by atoms with E-state index in [0.717, 1.165) is 10.0 Å². The summed E-state index contributed by atoms with van der Waals surface area (Å²) in [7, 11) is -3.18. The molecule has 0 saturated carbocycles. The summed E-state index contributed by atoms with van der Waals surface area (Å²) in [6.07, 6.45) is 4.56. The third-order valence-corrected chi connectivity index (χ3v) is 6.06. The smallest absolute Gasteiger partial charge is 0.232 e. The molecule has 21 heavy (non-hydrogen) atoms. The summed E-state index contributed by atoms with van der Waals surface area (Å²) in [6.45, 7) is 0.784. The van der Waals surface area contributed by atoms with Gasteiger partial charge < -0.3 is 5.32 Å². The molecule has 6 nitrogen and oxygen atoms in total. The van der Waals surface area contributed by atoms with E-state index in [1.165, 1.54) is 10.6 Å². The minimum absolute atomic E-state index is 0.0435. The highest BCUT2D eigenvalue weighted by Gasteiger charge is 2.46. The molecule has 0 bridgehead atoms. The van der Waals surface area contributed by atoms with Gasteiger partial charge in [0.15, 0.2) is 0 Å². The monoisotopic (exact) mass is 373 g/mol. The average molecular weight is 374 g/mol. The lowest BCUT2D eigenvalue weighted by atomic mass is 9.72. The Morgan fingerprint density at radius 3 is 2.67 bits per heavy atom. The third-order valence-electron chi connectivity index (χ3n) is 4.32. The van der Waals surface area contributed by atoms with Gasteiger partial charge in [0, 0.05) is 23.8 Å². The van der Waals surface area contributed by atoms with Gasteiger partial charge in [-0.2, -0.15) is 0 Å². The number of aromatic nitrogens is 1. The van der Waals surface area contributed by atoms with Crippen molar-refractivity contribution in [2.45, 2.75) is 19.3 Å². The fourth-order valence-corrected chi connectivity index (χ4v) is 4.29. The van der Waals surface area contributed by atoms with E-state index in [1.807, 2.05) is 6.07 Å². The van der Waals surface area contributed by atoms with Gasteiger partial charge in [-0.3, -0.25) is 4.79 Å². The van der Waals surface area contributed by atoms with Crippen molar-refractivity contribution in [3.63, 3.8) is 0 Å². The Kier molecular flexibility index (Phi) is 3.58. The van der Waals surface area contributed by atoms with Gasteiger partial charge in [0.2, 0.25) is 15.9 Å². The number of hydrogen-bond donors (Lipinski definition) is 1. The number of amides is 1. The van der Waals surface area contributed by atoms with E-state index in [-0.39, 0.29) is 5.91 Å². The molecule has 1 amide bonds. The second-order valence-electron chi connectivity index (χ2n) is 5.73. The van der Waals surface area contributed by atoms with Gasteiger partial charge in [0.05, 0.1) is 11.7 Å². The van der Waals surface area contributed by atoms with Gasteiger partial charge in [-0.25, -0.2) is 17.7 Å². The normalized spacial score (nSPS) is 21.9. The number of hydrogen-bond acceptors (Lipinski definition) is 4. The fraction of sp³-hybridized carbons (Fsp3) is 0.538. The molecular weight excluding hydrogens is 358 g/mol. The second kappa shape index (κ2) is 5.03. The van der Waals surface area contributed by atoms with Crippen LogP contribution in [-0.4, -0.2) is 43.0 Å². The van der Waals surface area contributed by atoms with Crippen LogP contribution in [0.4, 0.5) is 5.82 Å². The molecule has 1 spiro atoms. The van der Waals surface area contributed by atoms with E-state index in [2.05, 4.69) is 26.2 Å². The molecule has 0 aliphatic carbocycles. The number of piperidine rings is 1. The Labute approximate surface area is 132 Å². The first-order valence-corrected chi connectivity index (χ1v) is 9.35. The largest absolute Gasteiger partial charge is 0.310 e. The molecular formula is C13H16BrN3O3S. The predicted octanol–water partition coefficient (Wildman–Crippen LogP) is 1.38. The van der Waals surface area contributed by atoms with Crippen molar-refractivity contribution in [1.29, 1.82) is 0 Å². The number of fused-ring (bicyclic) bond motifs is 1. The van der Waals surface area contributed by atoms with Crippen molar-refractivity contribution in [3.05, 3.63) is 22.3 Å².